The van der Waals surface area contributed by atoms with E-state index in [0.717, 1.165) is 36.8 Å². The number of aromatic nitrogens is 2. The number of fused-ring (bicyclic) bond motifs is 1. The van der Waals surface area contributed by atoms with Crippen LogP contribution in [0.25, 0.3) is 0 Å². The van der Waals surface area contributed by atoms with Crippen LogP contribution >= 0.6 is 0 Å². The molecule has 122 valence electrons. The molecule has 1 aliphatic carbocycles. The number of likely N-dealkylation sites (tertiary alicyclic amines) is 1. The number of anilines is 1. The number of hydrogen-bond acceptors (Lipinski definition) is 2. The minimum atomic E-state index is -4.32. The Morgan fingerprint density at radius 3 is 2.86 bits per heavy atom. The summed E-state index contributed by atoms with van der Waals surface area (Å²) in [6, 6.07) is 0.0436. The van der Waals surface area contributed by atoms with Gasteiger partial charge < -0.3 is 10.2 Å². The topological polar surface area (TPSA) is 50.2 Å². The Morgan fingerprint density at radius 1 is 1.32 bits per heavy atom. The molecular weight excluding hydrogens is 297 g/mol. The lowest BCUT2D eigenvalue weighted by molar-refractivity contribution is -0.142. The van der Waals surface area contributed by atoms with Crippen LogP contribution in [0.1, 0.15) is 32.1 Å². The van der Waals surface area contributed by atoms with E-state index in [1.165, 1.54) is 12.4 Å². The molecule has 2 aliphatic rings. The minimum Gasteiger partial charge on any atom is -0.321 e. The van der Waals surface area contributed by atoms with Crippen molar-refractivity contribution in [1.82, 2.24) is 14.7 Å². The Kier molecular flexibility index (Phi) is 4.01. The fourth-order valence-corrected chi connectivity index (χ4v) is 3.60. The molecule has 2 unspecified atom stereocenters. The van der Waals surface area contributed by atoms with Crippen molar-refractivity contribution in [3.8, 4) is 0 Å². The van der Waals surface area contributed by atoms with Gasteiger partial charge >= 0.3 is 12.2 Å². The van der Waals surface area contributed by atoms with E-state index in [2.05, 4.69) is 10.4 Å². The first-order chi connectivity index (χ1) is 10.4. The Balaban J connectivity index is 1.62. The molecular formula is C14H19F3N4O. The van der Waals surface area contributed by atoms with Gasteiger partial charge in [-0.05, 0) is 31.6 Å². The second kappa shape index (κ2) is 5.81. The number of urea groups is 1. The van der Waals surface area contributed by atoms with E-state index < -0.39 is 12.7 Å². The average molecular weight is 316 g/mol. The van der Waals surface area contributed by atoms with E-state index in [0.29, 0.717) is 18.2 Å². The summed E-state index contributed by atoms with van der Waals surface area (Å²) in [7, 11) is 0. The molecule has 1 aliphatic heterocycles. The summed E-state index contributed by atoms with van der Waals surface area (Å²) in [5.74, 6) is 0.576. The van der Waals surface area contributed by atoms with Gasteiger partial charge in [-0.3, -0.25) is 4.68 Å². The molecule has 1 aromatic heterocycles. The molecule has 0 spiro atoms. The molecule has 1 saturated heterocycles. The van der Waals surface area contributed by atoms with Crippen LogP contribution < -0.4 is 5.32 Å². The predicted octanol–water partition coefficient (Wildman–Crippen LogP) is 3.24. The third-order valence-corrected chi connectivity index (χ3v) is 4.48. The minimum absolute atomic E-state index is 0.233. The van der Waals surface area contributed by atoms with Gasteiger partial charge in [-0.15, -0.1) is 0 Å². The molecule has 1 aromatic rings. The number of rotatable bonds is 2. The van der Waals surface area contributed by atoms with E-state index in [-0.39, 0.29) is 12.1 Å². The van der Waals surface area contributed by atoms with Crippen LogP contribution in [0.4, 0.5) is 23.7 Å². The molecule has 1 saturated carbocycles. The molecule has 22 heavy (non-hydrogen) atoms. The lowest BCUT2D eigenvalue weighted by Gasteiger charge is -2.37. The van der Waals surface area contributed by atoms with Gasteiger partial charge in [0.1, 0.15) is 6.54 Å². The number of nitrogens with one attached hydrogen (secondary N) is 1. The van der Waals surface area contributed by atoms with Crippen molar-refractivity contribution in [3.05, 3.63) is 12.4 Å². The summed E-state index contributed by atoms with van der Waals surface area (Å²) in [5, 5.41) is 6.30. The SMILES string of the molecule is O=C(Nc1cnn(CC(F)(F)F)c1)N1CCCC2CCCC21. The highest BCUT2D eigenvalue weighted by Gasteiger charge is 2.37. The molecule has 1 N–H and O–H groups in total. The first-order valence-electron chi connectivity index (χ1n) is 7.59. The smallest absolute Gasteiger partial charge is 0.321 e. The number of hydrogen-bond donors (Lipinski definition) is 1. The number of nitrogens with zero attached hydrogens (tertiary/aromatic N) is 3. The highest BCUT2D eigenvalue weighted by atomic mass is 19.4. The van der Waals surface area contributed by atoms with Crippen LogP contribution in [0.2, 0.25) is 0 Å². The van der Waals surface area contributed by atoms with Gasteiger partial charge in [-0.2, -0.15) is 18.3 Å². The summed E-state index contributed by atoms with van der Waals surface area (Å²) in [5.41, 5.74) is 0.300. The summed E-state index contributed by atoms with van der Waals surface area (Å²) < 4.78 is 37.7. The molecule has 2 fully saturated rings. The van der Waals surface area contributed by atoms with Crippen molar-refractivity contribution in [2.24, 2.45) is 5.92 Å². The largest absolute Gasteiger partial charge is 0.408 e. The standard InChI is InChI=1S/C14H19F3N4O/c15-14(16,17)9-20-8-11(7-18-20)19-13(22)21-6-2-4-10-3-1-5-12(10)21/h7-8,10,12H,1-6,9H2,(H,19,22). The number of piperidine rings is 1. The molecule has 2 atom stereocenters. The van der Waals surface area contributed by atoms with Crippen LogP contribution in [0.5, 0.6) is 0 Å². The van der Waals surface area contributed by atoms with Crippen LogP contribution in [0.3, 0.4) is 0 Å². The van der Waals surface area contributed by atoms with E-state index in [4.69, 9.17) is 0 Å². The van der Waals surface area contributed by atoms with Gasteiger partial charge in [0.2, 0.25) is 0 Å². The van der Waals surface area contributed by atoms with Crippen molar-refractivity contribution in [2.75, 3.05) is 11.9 Å². The zero-order valence-electron chi connectivity index (χ0n) is 12.1. The second-order valence-electron chi connectivity index (χ2n) is 6.07. The Morgan fingerprint density at radius 2 is 2.09 bits per heavy atom. The van der Waals surface area contributed by atoms with Crippen molar-refractivity contribution in [2.45, 2.75) is 50.9 Å². The third kappa shape index (κ3) is 3.36. The highest BCUT2D eigenvalue weighted by Crippen LogP contribution is 2.36. The molecule has 3 rings (SSSR count). The molecule has 0 bridgehead atoms. The third-order valence-electron chi connectivity index (χ3n) is 4.48. The van der Waals surface area contributed by atoms with Crippen molar-refractivity contribution in [3.63, 3.8) is 0 Å². The monoisotopic (exact) mass is 316 g/mol. The van der Waals surface area contributed by atoms with Gasteiger partial charge in [0, 0.05) is 18.8 Å². The van der Waals surface area contributed by atoms with Crippen molar-refractivity contribution in [1.29, 1.82) is 0 Å². The number of halogens is 3. The highest BCUT2D eigenvalue weighted by molar-refractivity contribution is 5.89. The molecule has 0 radical (unpaired) electrons. The van der Waals surface area contributed by atoms with E-state index in [1.54, 1.807) is 0 Å². The zero-order valence-corrected chi connectivity index (χ0v) is 12.1. The molecule has 2 heterocycles. The van der Waals surface area contributed by atoms with Crippen molar-refractivity contribution < 1.29 is 18.0 Å². The van der Waals surface area contributed by atoms with Crippen LogP contribution in [-0.2, 0) is 6.54 Å². The predicted molar refractivity (Wildman–Crippen MR) is 74.4 cm³/mol. The first-order valence-corrected chi connectivity index (χ1v) is 7.59. The fourth-order valence-electron chi connectivity index (χ4n) is 3.60. The van der Waals surface area contributed by atoms with Crippen LogP contribution in [0.15, 0.2) is 12.4 Å². The molecule has 8 heteroatoms. The van der Waals surface area contributed by atoms with E-state index >= 15 is 0 Å². The van der Waals surface area contributed by atoms with Gasteiger partial charge in [-0.25, -0.2) is 4.79 Å². The van der Waals surface area contributed by atoms with Gasteiger partial charge in [-0.1, -0.05) is 6.42 Å². The lowest BCUT2D eigenvalue weighted by atomic mass is 9.92. The van der Waals surface area contributed by atoms with Crippen molar-refractivity contribution >= 4 is 11.7 Å². The summed E-state index contributed by atoms with van der Waals surface area (Å²) >= 11 is 0. The normalized spacial score (nSPS) is 25.1. The van der Waals surface area contributed by atoms with Gasteiger partial charge in [0.05, 0.1) is 11.9 Å². The fraction of sp³-hybridized carbons (Fsp3) is 0.714. The maximum absolute atomic E-state index is 12.4. The Bertz CT molecular complexity index is 542. The number of carbonyl (C=O) groups is 1. The first kappa shape index (κ1) is 15.2. The summed E-state index contributed by atoms with van der Waals surface area (Å²) in [4.78, 5) is 14.2. The number of alkyl halides is 3. The lowest BCUT2D eigenvalue weighted by Crippen LogP contribution is -2.48. The summed E-state index contributed by atoms with van der Waals surface area (Å²) in [6.45, 7) is -0.443. The van der Waals surface area contributed by atoms with Gasteiger partial charge in [0.25, 0.3) is 0 Å². The second-order valence-corrected chi connectivity index (χ2v) is 6.07. The number of amides is 2. The molecule has 2 amide bonds. The quantitative estimate of drug-likeness (QED) is 0.910. The van der Waals surface area contributed by atoms with Crippen LogP contribution in [-0.4, -0.2) is 39.5 Å². The number of carbonyl (C=O) groups excluding carboxylic acids is 1. The average Bonchev–Trinajstić information content (AvgIpc) is 3.05. The molecule has 5 nitrogen and oxygen atoms in total. The maximum Gasteiger partial charge on any atom is 0.408 e. The Labute approximate surface area is 126 Å². The van der Waals surface area contributed by atoms with E-state index in [9.17, 15) is 18.0 Å². The van der Waals surface area contributed by atoms with Gasteiger partial charge in [0.15, 0.2) is 0 Å². The zero-order chi connectivity index (χ0) is 15.7. The van der Waals surface area contributed by atoms with Crippen LogP contribution in [0, 0.1) is 5.92 Å². The maximum atomic E-state index is 12.4. The Hall–Kier alpha value is -1.73. The molecule has 0 aromatic carbocycles. The van der Waals surface area contributed by atoms with E-state index in [1.807, 2.05) is 4.90 Å². The summed E-state index contributed by atoms with van der Waals surface area (Å²) in [6.07, 6.45) is 3.62.